The summed E-state index contributed by atoms with van der Waals surface area (Å²) in [6, 6.07) is 8.92. The number of carbonyl (C=O) groups is 3. The minimum atomic E-state index is -1.31. The van der Waals surface area contributed by atoms with Crippen molar-refractivity contribution in [2.45, 2.75) is 12.5 Å². The lowest BCUT2D eigenvalue weighted by Crippen LogP contribution is -2.47. The topological polar surface area (TPSA) is 101 Å². The molecular formula is C16H14BrN3O5. The SMILES string of the molecule is COc1ccc([C@@]2(C)NC(=O)N(NC(=O)c3ccc(Br)o3)C2=O)cc1. The third-order valence-corrected chi connectivity index (χ3v) is 4.29. The molecule has 0 radical (unpaired) electrons. The number of carbonyl (C=O) groups excluding carboxylic acids is 3. The summed E-state index contributed by atoms with van der Waals surface area (Å²) < 4.78 is 10.6. The number of urea groups is 1. The van der Waals surface area contributed by atoms with Crippen LogP contribution in [-0.2, 0) is 10.3 Å². The molecule has 0 saturated carbocycles. The molecule has 1 aromatic heterocycles. The molecule has 1 fully saturated rings. The average Bonchev–Trinajstić information content (AvgIpc) is 3.13. The van der Waals surface area contributed by atoms with Crippen LogP contribution in [0.25, 0.3) is 0 Å². The van der Waals surface area contributed by atoms with Gasteiger partial charge in [-0.05, 0) is 52.7 Å². The smallest absolute Gasteiger partial charge is 0.344 e. The Kier molecular flexibility index (Phi) is 4.25. The Bertz CT molecular complexity index is 848. The summed E-state index contributed by atoms with van der Waals surface area (Å²) in [7, 11) is 1.53. The van der Waals surface area contributed by atoms with Crippen molar-refractivity contribution in [3.8, 4) is 5.75 Å². The highest BCUT2D eigenvalue weighted by molar-refractivity contribution is 9.10. The van der Waals surface area contributed by atoms with E-state index in [1.165, 1.54) is 19.2 Å². The Morgan fingerprint density at radius 3 is 2.48 bits per heavy atom. The fourth-order valence-electron chi connectivity index (χ4n) is 2.45. The number of halogens is 1. The molecule has 0 spiro atoms. The van der Waals surface area contributed by atoms with Crippen molar-refractivity contribution in [3.05, 3.63) is 52.4 Å². The molecule has 1 saturated heterocycles. The number of hydrogen-bond donors (Lipinski definition) is 2. The minimum Gasteiger partial charge on any atom is -0.497 e. The summed E-state index contributed by atoms with van der Waals surface area (Å²) in [5, 5.41) is 3.23. The molecular weight excluding hydrogens is 394 g/mol. The Labute approximate surface area is 151 Å². The van der Waals surface area contributed by atoms with E-state index in [0.29, 0.717) is 21.0 Å². The number of rotatable bonds is 4. The summed E-state index contributed by atoms with van der Waals surface area (Å²) >= 11 is 3.08. The first kappa shape index (κ1) is 17.0. The molecule has 2 heterocycles. The first-order valence-corrected chi connectivity index (χ1v) is 8.02. The van der Waals surface area contributed by atoms with Crippen LogP contribution in [-0.4, -0.2) is 30.0 Å². The number of imide groups is 1. The second-order valence-electron chi connectivity index (χ2n) is 5.47. The van der Waals surface area contributed by atoms with Gasteiger partial charge >= 0.3 is 11.9 Å². The third-order valence-electron chi connectivity index (χ3n) is 3.87. The monoisotopic (exact) mass is 407 g/mol. The van der Waals surface area contributed by atoms with Crippen LogP contribution in [0.1, 0.15) is 23.0 Å². The summed E-state index contributed by atoms with van der Waals surface area (Å²) in [6.07, 6.45) is 0. The van der Waals surface area contributed by atoms with Crippen molar-refractivity contribution >= 4 is 33.8 Å². The van der Waals surface area contributed by atoms with E-state index in [0.717, 1.165) is 0 Å². The van der Waals surface area contributed by atoms with Gasteiger partial charge in [0.1, 0.15) is 11.3 Å². The number of benzene rings is 1. The van der Waals surface area contributed by atoms with Crippen LogP contribution in [0.15, 0.2) is 45.5 Å². The molecule has 0 unspecified atom stereocenters. The first-order valence-electron chi connectivity index (χ1n) is 7.22. The molecule has 130 valence electrons. The Morgan fingerprint density at radius 2 is 1.92 bits per heavy atom. The van der Waals surface area contributed by atoms with Crippen LogP contribution in [0.3, 0.4) is 0 Å². The lowest BCUT2D eigenvalue weighted by atomic mass is 9.92. The van der Waals surface area contributed by atoms with Gasteiger partial charge in [0.15, 0.2) is 10.4 Å². The number of nitrogens with zero attached hydrogens (tertiary/aromatic N) is 1. The van der Waals surface area contributed by atoms with Gasteiger partial charge in [-0.1, -0.05) is 12.1 Å². The molecule has 3 rings (SSSR count). The van der Waals surface area contributed by atoms with E-state index in [1.54, 1.807) is 31.2 Å². The minimum absolute atomic E-state index is 0.0366. The molecule has 1 aromatic carbocycles. The van der Waals surface area contributed by atoms with Crippen molar-refractivity contribution in [1.29, 1.82) is 0 Å². The van der Waals surface area contributed by atoms with E-state index in [2.05, 4.69) is 26.7 Å². The maximum atomic E-state index is 12.7. The van der Waals surface area contributed by atoms with Gasteiger partial charge in [0.05, 0.1) is 7.11 Å². The maximum Gasteiger partial charge on any atom is 0.344 e. The molecule has 4 amide bonds. The predicted octanol–water partition coefficient (Wildman–Crippen LogP) is 2.16. The molecule has 2 N–H and O–H groups in total. The molecule has 8 nitrogen and oxygen atoms in total. The van der Waals surface area contributed by atoms with Crippen molar-refractivity contribution in [2.24, 2.45) is 0 Å². The quantitative estimate of drug-likeness (QED) is 0.756. The Morgan fingerprint density at radius 1 is 1.24 bits per heavy atom. The van der Waals surface area contributed by atoms with Crippen LogP contribution in [0, 0.1) is 0 Å². The molecule has 1 aliphatic rings. The fraction of sp³-hybridized carbons (Fsp3) is 0.188. The third kappa shape index (κ3) is 2.98. The van der Waals surface area contributed by atoms with Gasteiger partial charge < -0.3 is 14.5 Å². The number of amides is 4. The highest BCUT2D eigenvalue weighted by atomic mass is 79.9. The standard InChI is InChI=1S/C16H14BrN3O5/c1-16(9-3-5-10(24-2)6-4-9)14(22)20(15(23)18-16)19-13(21)11-7-8-12(17)25-11/h3-8H,1-2H3,(H,18,23)(H,19,21)/t16-/m1/s1. The normalized spacial score (nSPS) is 19.7. The molecule has 1 aliphatic heterocycles. The highest BCUT2D eigenvalue weighted by Crippen LogP contribution is 2.29. The zero-order valence-electron chi connectivity index (χ0n) is 13.3. The number of furan rings is 1. The van der Waals surface area contributed by atoms with Gasteiger partial charge in [0.2, 0.25) is 0 Å². The van der Waals surface area contributed by atoms with Gasteiger partial charge in [-0.15, -0.1) is 0 Å². The van der Waals surface area contributed by atoms with E-state index in [1.807, 2.05) is 0 Å². The summed E-state index contributed by atoms with van der Waals surface area (Å²) in [5.41, 5.74) is 1.50. The zero-order chi connectivity index (χ0) is 18.2. The largest absolute Gasteiger partial charge is 0.497 e. The van der Waals surface area contributed by atoms with Crippen LogP contribution in [0.4, 0.5) is 4.79 Å². The Balaban J connectivity index is 1.82. The molecule has 0 aliphatic carbocycles. The number of ether oxygens (including phenoxy) is 1. The summed E-state index contributed by atoms with van der Waals surface area (Å²) in [5.74, 6) is -0.738. The van der Waals surface area contributed by atoms with Crippen LogP contribution < -0.4 is 15.5 Å². The van der Waals surface area contributed by atoms with Gasteiger partial charge in [0, 0.05) is 0 Å². The van der Waals surface area contributed by atoms with E-state index in [9.17, 15) is 14.4 Å². The number of hydrogen-bond acceptors (Lipinski definition) is 5. The van der Waals surface area contributed by atoms with Gasteiger partial charge in [-0.25, -0.2) is 10.2 Å². The first-order chi connectivity index (χ1) is 11.8. The maximum absolute atomic E-state index is 12.7. The second-order valence-corrected chi connectivity index (χ2v) is 6.25. The van der Waals surface area contributed by atoms with Crippen molar-refractivity contribution in [1.82, 2.24) is 15.8 Å². The van der Waals surface area contributed by atoms with Gasteiger partial charge in [-0.3, -0.25) is 9.59 Å². The lowest BCUT2D eigenvalue weighted by Gasteiger charge is -2.22. The van der Waals surface area contributed by atoms with Crippen LogP contribution in [0.2, 0.25) is 0 Å². The summed E-state index contributed by atoms with van der Waals surface area (Å²) in [6.45, 7) is 1.56. The van der Waals surface area contributed by atoms with E-state index < -0.39 is 23.4 Å². The highest BCUT2D eigenvalue weighted by Gasteiger charge is 2.50. The number of methoxy groups -OCH3 is 1. The fourth-order valence-corrected chi connectivity index (χ4v) is 2.76. The molecule has 2 aromatic rings. The average molecular weight is 408 g/mol. The summed E-state index contributed by atoms with van der Waals surface area (Å²) in [4.78, 5) is 37.0. The number of nitrogens with one attached hydrogen (secondary N) is 2. The van der Waals surface area contributed by atoms with Gasteiger partial charge in [0.25, 0.3) is 5.91 Å². The van der Waals surface area contributed by atoms with E-state index in [-0.39, 0.29) is 5.76 Å². The number of hydrazine groups is 1. The zero-order valence-corrected chi connectivity index (χ0v) is 14.9. The molecule has 1 atom stereocenters. The molecule has 25 heavy (non-hydrogen) atoms. The lowest BCUT2D eigenvalue weighted by molar-refractivity contribution is -0.132. The Hall–Kier alpha value is -2.81. The van der Waals surface area contributed by atoms with Crippen molar-refractivity contribution in [3.63, 3.8) is 0 Å². The van der Waals surface area contributed by atoms with Crippen molar-refractivity contribution < 1.29 is 23.5 Å². The molecule has 9 heteroatoms. The second kappa shape index (κ2) is 6.25. The van der Waals surface area contributed by atoms with Gasteiger partial charge in [-0.2, -0.15) is 5.01 Å². The van der Waals surface area contributed by atoms with Crippen LogP contribution >= 0.6 is 15.9 Å². The van der Waals surface area contributed by atoms with E-state index in [4.69, 9.17) is 9.15 Å². The van der Waals surface area contributed by atoms with Crippen molar-refractivity contribution in [2.75, 3.05) is 7.11 Å². The van der Waals surface area contributed by atoms with Crippen LogP contribution in [0.5, 0.6) is 5.75 Å². The predicted molar refractivity (Wildman–Crippen MR) is 89.6 cm³/mol. The van der Waals surface area contributed by atoms with E-state index >= 15 is 0 Å². The molecule has 0 bridgehead atoms.